The highest BCUT2D eigenvalue weighted by molar-refractivity contribution is 7.92. The predicted molar refractivity (Wildman–Crippen MR) is 71.1 cm³/mol. The molecule has 0 saturated heterocycles. The average molecular weight is 278 g/mol. The lowest BCUT2D eigenvalue weighted by Crippen LogP contribution is -2.38. The summed E-state index contributed by atoms with van der Waals surface area (Å²) in [4.78, 5) is 4.00. The molecule has 3 N–H and O–H groups in total. The highest BCUT2D eigenvalue weighted by atomic mass is 35.5. The van der Waals surface area contributed by atoms with Crippen molar-refractivity contribution in [2.45, 2.75) is 18.6 Å². The van der Waals surface area contributed by atoms with Crippen LogP contribution in [-0.2, 0) is 9.84 Å². The molecule has 0 amide bonds. The fraction of sp³-hybridized carbons (Fsp3) is 0.500. The van der Waals surface area contributed by atoms with E-state index >= 15 is 0 Å². The lowest BCUT2D eigenvalue weighted by atomic mass is 10.2. The number of anilines is 2. The van der Waals surface area contributed by atoms with Gasteiger partial charge in [-0.2, -0.15) is 0 Å². The van der Waals surface area contributed by atoms with Crippen molar-refractivity contribution in [3.8, 4) is 0 Å². The first kappa shape index (κ1) is 14.1. The van der Waals surface area contributed by atoms with E-state index in [1.165, 1.54) is 12.5 Å². The lowest BCUT2D eigenvalue weighted by Gasteiger charge is -2.23. The molecule has 7 heteroatoms. The number of hydrogen-bond acceptors (Lipinski definition) is 5. The zero-order valence-electron chi connectivity index (χ0n) is 9.99. The van der Waals surface area contributed by atoms with Crippen molar-refractivity contribution >= 4 is 32.9 Å². The van der Waals surface area contributed by atoms with Gasteiger partial charge in [-0.1, -0.05) is 11.6 Å². The number of pyridine rings is 1. The molecule has 0 spiro atoms. The zero-order chi connectivity index (χ0) is 13.3. The van der Waals surface area contributed by atoms with Crippen molar-refractivity contribution in [1.82, 2.24) is 4.98 Å². The van der Waals surface area contributed by atoms with Crippen LogP contribution in [0.2, 0.25) is 5.02 Å². The van der Waals surface area contributed by atoms with Gasteiger partial charge in [0.15, 0.2) is 9.84 Å². The molecule has 1 aromatic heterocycles. The molecule has 0 aliphatic heterocycles. The standard InChI is InChI=1S/C10H16ClN3O2S/c1-10(2,17(3,15)16)6-14-9-8(12)4-7(11)5-13-9/h4-5H,6,12H2,1-3H3,(H,13,14). The van der Waals surface area contributed by atoms with Gasteiger partial charge >= 0.3 is 0 Å². The zero-order valence-corrected chi connectivity index (χ0v) is 11.6. The summed E-state index contributed by atoms with van der Waals surface area (Å²) in [6.45, 7) is 3.51. The quantitative estimate of drug-likeness (QED) is 0.872. The van der Waals surface area contributed by atoms with Crippen LogP contribution in [0.4, 0.5) is 11.5 Å². The number of nitrogens with two attached hydrogens (primary N) is 1. The van der Waals surface area contributed by atoms with Gasteiger partial charge in [0, 0.05) is 19.0 Å². The molecular formula is C10H16ClN3O2S. The minimum Gasteiger partial charge on any atom is -0.396 e. The Morgan fingerprint density at radius 2 is 2.12 bits per heavy atom. The number of nitrogen functional groups attached to an aromatic ring is 1. The molecule has 0 unspecified atom stereocenters. The third-order valence-electron chi connectivity index (χ3n) is 2.57. The summed E-state index contributed by atoms with van der Waals surface area (Å²) in [5.74, 6) is 0.436. The third-order valence-corrected chi connectivity index (χ3v) is 4.93. The van der Waals surface area contributed by atoms with E-state index in [9.17, 15) is 8.42 Å². The largest absolute Gasteiger partial charge is 0.396 e. The Balaban J connectivity index is 2.81. The molecule has 1 rings (SSSR count). The molecule has 0 aliphatic rings. The minimum absolute atomic E-state index is 0.227. The lowest BCUT2D eigenvalue weighted by molar-refractivity contribution is 0.559. The van der Waals surface area contributed by atoms with E-state index in [0.717, 1.165) is 0 Å². The van der Waals surface area contributed by atoms with E-state index in [4.69, 9.17) is 17.3 Å². The molecule has 0 aliphatic carbocycles. The van der Waals surface area contributed by atoms with Gasteiger partial charge in [-0.15, -0.1) is 0 Å². The van der Waals surface area contributed by atoms with Crippen LogP contribution in [0.3, 0.4) is 0 Å². The van der Waals surface area contributed by atoms with Crippen molar-refractivity contribution in [3.63, 3.8) is 0 Å². The summed E-state index contributed by atoms with van der Waals surface area (Å²) in [7, 11) is -3.15. The third kappa shape index (κ3) is 3.47. The molecule has 0 radical (unpaired) electrons. The van der Waals surface area contributed by atoms with Crippen molar-refractivity contribution in [1.29, 1.82) is 0 Å². The van der Waals surface area contributed by atoms with E-state index in [0.29, 0.717) is 16.5 Å². The van der Waals surface area contributed by atoms with Gasteiger partial charge in [0.2, 0.25) is 0 Å². The van der Waals surface area contributed by atoms with Crippen LogP contribution in [0.15, 0.2) is 12.3 Å². The van der Waals surface area contributed by atoms with Gasteiger partial charge in [-0.05, 0) is 19.9 Å². The van der Waals surface area contributed by atoms with Crippen LogP contribution in [-0.4, -0.2) is 30.9 Å². The van der Waals surface area contributed by atoms with Crippen molar-refractivity contribution in [2.75, 3.05) is 23.9 Å². The van der Waals surface area contributed by atoms with Gasteiger partial charge in [0.1, 0.15) is 5.82 Å². The van der Waals surface area contributed by atoms with Crippen LogP contribution in [0, 0.1) is 0 Å². The number of aromatic nitrogens is 1. The molecule has 0 atom stereocenters. The summed E-state index contributed by atoms with van der Waals surface area (Å²) >= 11 is 5.71. The molecular weight excluding hydrogens is 262 g/mol. The van der Waals surface area contributed by atoms with Gasteiger partial charge in [-0.3, -0.25) is 0 Å². The smallest absolute Gasteiger partial charge is 0.154 e. The van der Waals surface area contributed by atoms with Gasteiger partial charge in [-0.25, -0.2) is 13.4 Å². The van der Waals surface area contributed by atoms with Crippen LogP contribution >= 0.6 is 11.6 Å². The van der Waals surface area contributed by atoms with Crippen LogP contribution in [0.1, 0.15) is 13.8 Å². The molecule has 5 nitrogen and oxygen atoms in total. The number of sulfone groups is 1. The van der Waals surface area contributed by atoms with E-state index in [2.05, 4.69) is 10.3 Å². The topological polar surface area (TPSA) is 85.1 Å². The molecule has 1 aromatic rings. The average Bonchev–Trinajstić information content (AvgIpc) is 2.14. The predicted octanol–water partition coefficient (Wildman–Crippen LogP) is 1.55. The summed E-state index contributed by atoms with van der Waals surface area (Å²) in [6.07, 6.45) is 2.65. The fourth-order valence-corrected chi connectivity index (χ4v) is 1.53. The maximum absolute atomic E-state index is 11.5. The van der Waals surface area contributed by atoms with Crippen LogP contribution in [0.5, 0.6) is 0 Å². The minimum atomic E-state index is -3.15. The number of nitrogens with one attached hydrogen (secondary N) is 1. The first-order valence-electron chi connectivity index (χ1n) is 4.98. The van der Waals surface area contributed by atoms with E-state index < -0.39 is 14.6 Å². The second kappa shape index (κ2) is 4.70. The number of halogens is 1. The molecule has 96 valence electrons. The summed E-state index contributed by atoms with van der Waals surface area (Å²) in [6, 6.07) is 1.56. The van der Waals surface area contributed by atoms with Crippen LogP contribution < -0.4 is 11.1 Å². The Morgan fingerprint density at radius 1 is 1.53 bits per heavy atom. The van der Waals surface area contributed by atoms with E-state index in [1.54, 1.807) is 19.9 Å². The molecule has 0 fully saturated rings. The normalized spacial score (nSPS) is 12.5. The molecule has 17 heavy (non-hydrogen) atoms. The van der Waals surface area contributed by atoms with E-state index in [-0.39, 0.29) is 6.54 Å². The second-order valence-electron chi connectivity index (χ2n) is 4.48. The van der Waals surface area contributed by atoms with Crippen molar-refractivity contribution < 1.29 is 8.42 Å². The molecule has 0 bridgehead atoms. The Hall–Kier alpha value is -1.01. The maximum atomic E-state index is 11.5. The number of rotatable bonds is 4. The van der Waals surface area contributed by atoms with Gasteiger partial charge in [0.25, 0.3) is 0 Å². The maximum Gasteiger partial charge on any atom is 0.154 e. The molecule has 1 heterocycles. The Kier molecular flexibility index (Phi) is 3.88. The van der Waals surface area contributed by atoms with Crippen molar-refractivity contribution in [2.24, 2.45) is 0 Å². The Morgan fingerprint density at radius 3 is 2.59 bits per heavy atom. The highest BCUT2D eigenvalue weighted by Gasteiger charge is 2.30. The number of hydrogen-bond donors (Lipinski definition) is 2. The second-order valence-corrected chi connectivity index (χ2v) is 7.56. The summed E-state index contributed by atoms with van der Waals surface area (Å²) in [5.41, 5.74) is 6.09. The SMILES string of the molecule is CC(C)(CNc1ncc(Cl)cc1N)S(C)(=O)=O. The van der Waals surface area contributed by atoms with E-state index in [1.807, 2.05) is 0 Å². The summed E-state index contributed by atoms with van der Waals surface area (Å²) in [5, 5.41) is 3.35. The highest BCUT2D eigenvalue weighted by Crippen LogP contribution is 2.21. The Labute approximate surface area is 106 Å². The Bertz CT molecular complexity index is 514. The van der Waals surface area contributed by atoms with Crippen LogP contribution in [0.25, 0.3) is 0 Å². The van der Waals surface area contributed by atoms with Gasteiger partial charge in [0.05, 0.1) is 15.5 Å². The molecule has 0 saturated carbocycles. The van der Waals surface area contributed by atoms with Gasteiger partial charge < -0.3 is 11.1 Å². The van der Waals surface area contributed by atoms with Crippen molar-refractivity contribution in [3.05, 3.63) is 17.3 Å². The first-order chi connectivity index (χ1) is 7.63. The monoisotopic (exact) mass is 277 g/mol. The first-order valence-corrected chi connectivity index (χ1v) is 7.25. The summed E-state index contributed by atoms with van der Waals surface area (Å²) < 4.78 is 22.1. The fourth-order valence-electron chi connectivity index (χ4n) is 1.03. The molecule has 0 aromatic carbocycles. The number of nitrogens with zero attached hydrogens (tertiary/aromatic N) is 1.